The molecule has 126 valence electrons. The van der Waals surface area contributed by atoms with Crippen molar-refractivity contribution in [2.45, 2.75) is 5.37 Å². The molecule has 0 aliphatic carbocycles. The molecule has 0 spiro atoms. The lowest BCUT2D eigenvalue weighted by Crippen LogP contribution is -2.17. The van der Waals surface area contributed by atoms with Gasteiger partial charge in [-0.15, -0.1) is 11.8 Å². The topological polar surface area (TPSA) is 71.3 Å². The first-order valence-electron chi connectivity index (χ1n) is 7.83. The van der Waals surface area contributed by atoms with Crippen molar-refractivity contribution in [3.63, 3.8) is 0 Å². The van der Waals surface area contributed by atoms with Crippen LogP contribution in [0.25, 0.3) is 10.9 Å². The van der Waals surface area contributed by atoms with Crippen LogP contribution in [0.1, 0.15) is 21.4 Å². The first kappa shape index (κ1) is 15.7. The number of amides is 1. The number of hydrogen-bond acceptors (Lipinski definition) is 4. The molecule has 0 fully saturated rings. The average Bonchev–Trinajstić information content (AvgIpc) is 3.28. The number of anilines is 1. The van der Waals surface area contributed by atoms with E-state index in [9.17, 15) is 4.79 Å². The highest BCUT2D eigenvalue weighted by Gasteiger charge is 2.25. The zero-order valence-electron chi connectivity index (χ0n) is 13.6. The van der Waals surface area contributed by atoms with E-state index in [0.29, 0.717) is 5.69 Å². The van der Waals surface area contributed by atoms with Crippen molar-refractivity contribution in [2.75, 3.05) is 12.0 Å². The molecule has 2 heterocycles. The predicted octanol–water partition coefficient (Wildman–Crippen LogP) is 4.00. The molecule has 0 bridgehead atoms. The van der Waals surface area contributed by atoms with Crippen molar-refractivity contribution < 1.29 is 9.53 Å². The number of ether oxygens (including phenoxy) is 1. The second kappa shape index (κ2) is 6.22. The van der Waals surface area contributed by atoms with Crippen LogP contribution in [-0.2, 0) is 0 Å². The maximum absolute atomic E-state index is 11.5. The molecular weight excluding hydrogens is 334 g/mol. The predicted molar refractivity (Wildman–Crippen MR) is 102 cm³/mol. The van der Waals surface area contributed by atoms with Gasteiger partial charge in [-0.05, 0) is 47.4 Å². The highest BCUT2D eigenvalue weighted by Crippen LogP contribution is 2.44. The third-order valence-corrected chi connectivity index (χ3v) is 5.30. The van der Waals surface area contributed by atoms with Gasteiger partial charge in [0.25, 0.3) is 5.91 Å². The second-order valence-corrected chi connectivity index (χ2v) is 6.73. The number of carbonyl (C=O) groups excluding carboxylic acids is 1. The molecule has 3 aromatic rings. The molecule has 1 aromatic heterocycles. The lowest BCUT2D eigenvalue weighted by molar-refractivity contribution is 0.0996. The summed E-state index contributed by atoms with van der Waals surface area (Å²) in [7, 11) is 1.66. The Labute approximate surface area is 149 Å². The van der Waals surface area contributed by atoms with Gasteiger partial charge in [0.2, 0.25) is 0 Å². The van der Waals surface area contributed by atoms with Gasteiger partial charge in [0, 0.05) is 22.8 Å². The van der Waals surface area contributed by atoms with E-state index in [4.69, 9.17) is 10.5 Å². The number of nitrogens with two attached hydrogens (primary N) is 1. The maximum atomic E-state index is 11.5. The van der Waals surface area contributed by atoms with Crippen LogP contribution in [0.5, 0.6) is 5.75 Å². The van der Waals surface area contributed by atoms with Gasteiger partial charge in [0.1, 0.15) is 16.8 Å². The van der Waals surface area contributed by atoms with E-state index < -0.39 is 5.91 Å². The van der Waals surface area contributed by atoms with Gasteiger partial charge < -0.3 is 20.4 Å². The number of nitrogens with zero attached hydrogens (tertiary/aromatic N) is 1. The van der Waals surface area contributed by atoms with Crippen molar-refractivity contribution in [3.8, 4) is 5.75 Å². The summed E-state index contributed by atoms with van der Waals surface area (Å²) >= 11 is 1.72. The van der Waals surface area contributed by atoms with Crippen LogP contribution < -0.4 is 15.4 Å². The van der Waals surface area contributed by atoms with Crippen LogP contribution >= 0.6 is 11.8 Å². The van der Waals surface area contributed by atoms with Crippen LogP contribution in [0.2, 0.25) is 0 Å². The SMILES string of the molecule is COc1ccc(N2C=CSC2c2cccc3[nH]c(C(N)=O)cc23)cc1. The van der Waals surface area contributed by atoms with Crippen LogP contribution in [0.4, 0.5) is 5.69 Å². The molecule has 1 amide bonds. The molecule has 1 unspecified atom stereocenters. The standard InChI is InChI=1S/C19H17N3O2S/c1-24-13-7-5-12(6-8-13)22-9-10-25-19(22)14-3-2-4-16-15(14)11-17(21-16)18(20)23/h2-11,19,21H,1H3,(H2,20,23). The van der Waals surface area contributed by atoms with Crippen LogP contribution in [0.3, 0.4) is 0 Å². The number of rotatable bonds is 4. The first-order chi connectivity index (χ1) is 12.2. The molecule has 1 atom stereocenters. The van der Waals surface area contributed by atoms with Crippen molar-refractivity contribution in [3.05, 3.63) is 71.4 Å². The zero-order valence-corrected chi connectivity index (χ0v) is 14.4. The quantitative estimate of drug-likeness (QED) is 0.745. The molecule has 1 aliphatic heterocycles. The summed E-state index contributed by atoms with van der Waals surface area (Å²) in [6, 6.07) is 15.8. The molecule has 6 heteroatoms. The minimum absolute atomic E-state index is 0.0913. The van der Waals surface area contributed by atoms with Crippen LogP contribution in [0.15, 0.2) is 60.1 Å². The number of primary amides is 1. The number of aromatic nitrogens is 1. The second-order valence-electron chi connectivity index (χ2n) is 5.73. The van der Waals surface area contributed by atoms with E-state index in [-0.39, 0.29) is 5.37 Å². The van der Waals surface area contributed by atoms with Crippen molar-refractivity contribution in [2.24, 2.45) is 5.73 Å². The number of fused-ring (bicyclic) bond motifs is 1. The lowest BCUT2D eigenvalue weighted by Gasteiger charge is -2.26. The summed E-state index contributed by atoms with van der Waals surface area (Å²) in [5.41, 5.74) is 8.96. The molecule has 25 heavy (non-hydrogen) atoms. The van der Waals surface area contributed by atoms with E-state index in [1.165, 1.54) is 0 Å². The van der Waals surface area contributed by atoms with Gasteiger partial charge in [-0.3, -0.25) is 4.79 Å². The minimum atomic E-state index is -0.452. The Hall–Kier alpha value is -2.86. The lowest BCUT2D eigenvalue weighted by atomic mass is 10.1. The van der Waals surface area contributed by atoms with Crippen molar-refractivity contribution >= 4 is 34.3 Å². The molecule has 3 N–H and O–H groups in total. The van der Waals surface area contributed by atoms with Gasteiger partial charge in [0.15, 0.2) is 0 Å². The summed E-state index contributed by atoms with van der Waals surface area (Å²) in [5, 5.41) is 3.18. The van der Waals surface area contributed by atoms with E-state index >= 15 is 0 Å². The fourth-order valence-electron chi connectivity index (χ4n) is 3.04. The maximum Gasteiger partial charge on any atom is 0.265 e. The Morgan fingerprint density at radius 3 is 2.76 bits per heavy atom. The number of H-pyrrole nitrogens is 1. The van der Waals surface area contributed by atoms with Gasteiger partial charge in [-0.25, -0.2) is 0 Å². The molecule has 1 aliphatic rings. The molecule has 0 radical (unpaired) electrons. The first-order valence-corrected chi connectivity index (χ1v) is 8.77. The zero-order chi connectivity index (χ0) is 17.4. The fourth-order valence-corrected chi connectivity index (χ4v) is 4.07. The molecular formula is C19H17N3O2S. The number of carbonyl (C=O) groups is 1. The molecule has 2 aromatic carbocycles. The van der Waals surface area contributed by atoms with E-state index in [1.54, 1.807) is 18.9 Å². The number of aromatic amines is 1. The van der Waals surface area contributed by atoms with Crippen LogP contribution in [-0.4, -0.2) is 18.0 Å². The molecule has 0 saturated carbocycles. The summed E-state index contributed by atoms with van der Waals surface area (Å²) in [5.74, 6) is 0.376. The number of thioether (sulfide) groups is 1. The summed E-state index contributed by atoms with van der Waals surface area (Å²) in [6.07, 6.45) is 2.07. The average molecular weight is 351 g/mol. The summed E-state index contributed by atoms with van der Waals surface area (Å²) in [6.45, 7) is 0. The Kier molecular flexibility index (Phi) is 3.89. The van der Waals surface area contributed by atoms with Gasteiger partial charge >= 0.3 is 0 Å². The Balaban J connectivity index is 1.75. The number of hydrogen-bond donors (Lipinski definition) is 2. The Morgan fingerprint density at radius 2 is 2.04 bits per heavy atom. The van der Waals surface area contributed by atoms with Gasteiger partial charge in [-0.2, -0.15) is 0 Å². The molecule has 4 rings (SSSR count). The third kappa shape index (κ3) is 2.74. The molecule has 0 saturated heterocycles. The monoisotopic (exact) mass is 351 g/mol. The van der Waals surface area contributed by atoms with Gasteiger partial charge in [0.05, 0.1) is 7.11 Å². The Morgan fingerprint density at radius 1 is 1.24 bits per heavy atom. The fraction of sp³-hybridized carbons (Fsp3) is 0.105. The largest absolute Gasteiger partial charge is 0.497 e. The smallest absolute Gasteiger partial charge is 0.265 e. The van der Waals surface area contributed by atoms with E-state index in [2.05, 4.69) is 27.6 Å². The number of benzene rings is 2. The minimum Gasteiger partial charge on any atom is -0.497 e. The summed E-state index contributed by atoms with van der Waals surface area (Å²) < 4.78 is 5.24. The van der Waals surface area contributed by atoms with Gasteiger partial charge in [-0.1, -0.05) is 12.1 Å². The molecule has 5 nitrogen and oxygen atoms in total. The van der Waals surface area contributed by atoms with E-state index in [1.807, 2.05) is 42.5 Å². The number of methoxy groups -OCH3 is 1. The highest BCUT2D eigenvalue weighted by atomic mass is 32.2. The summed E-state index contributed by atoms with van der Waals surface area (Å²) in [4.78, 5) is 16.8. The highest BCUT2D eigenvalue weighted by molar-refractivity contribution is 8.02. The third-order valence-electron chi connectivity index (χ3n) is 4.28. The van der Waals surface area contributed by atoms with Crippen molar-refractivity contribution in [1.29, 1.82) is 0 Å². The normalized spacial score (nSPS) is 16.5. The van der Waals surface area contributed by atoms with E-state index in [0.717, 1.165) is 27.9 Å². The Bertz CT molecular complexity index is 962. The van der Waals surface area contributed by atoms with Crippen LogP contribution in [0, 0.1) is 0 Å². The van der Waals surface area contributed by atoms with Crippen molar-refractivity contribution in [1.82, 2.24) is 4.98 Å². The number of nitrogens with one attached hydrogen (secondary N) is 1.